The molecule has 3 saturated carbocycles. The molecule has 4 aromatic rings. The summed E-state index contributed by atoms with van der Waals surface area (Å²) in [7, 11) is 0. The van der Waals surface area contributed by atoms with Crippen molar-refractivity contribution in [3.8, 4) is 0 Å². The molecular formula is C95H112O15. The first-order valence-electron chi connectivity index (χ1n) is 38.5. The summed E-state index contributed by atoms with van der Waals surface area (Å²) in [4.78, 5) is 70.3. The first-order valence-corrected chi connectivity index (χ1v) is 38.5. The Balaban J connectivity index is 0.000000164. The van der Waals surface area contributed by atoms with Crippen LogP contribution in [-0.2, 0) is 61.9 Å². The molecule has 15 nitrogen and oxygen atoms in total. The van der Waals surface area contributed by atoms with Gasteiger partial charge in [0.15, 0.2) is 0 Å². The summed E-state index contributed by atoms with van der Waals surface area (Å²) in [6, 6.07) is 39.9. The molecule has 15 heteroatoms. The number of rotatable bonds is 20. The van der Waals surface area contributed by atoms with E-state index < -0.39 is 0 Å². The summed E-state index contributed by atoms with van der Waals surface area (Å²) >= 11 is 0. The molecule has 11 unspecified atom stereocenters. The van der Waals surface area contributed by atoms with Crippen molar-refractivity contribution in [3.63, 3.8) is 0 Å². The average molecular weight is 1490 g/mol. The molecule has 110 heavy (non-hydrogen) atoms. The van der Waals surface area contributed by atoms with Gasteiger partial charge < -0.3 is 43.4 Å². The monoisotopic (exact) mass is 1490 g/mol. The highest BCUT2D eigenvalue weighted by atomic mass is 16.6. The van der Waals surface area contributed by atoms with E-state index in [2.05, 4.69) is 88.4 Å². The second kappa shape index (κ2) is 43.7. The van der Waals surface area contributed by atoms with E-state index in [4.69, 9.17) is 33.5 Å². The van der Waals surface area contributed by atoms with Crippen LogP contribution in [0.4, 0.5) is 0 Å². The molecule has 15 rings (SSSR count). The smallest absolute Gasteiger partial charge is 0.318 e. The fourth-order valence-corrected chi connectivity index (χ4v) is 14.9. The third-order valence-electron chi connectivity index (χ3n) is 21.0. The van der Waals surface area contributed by atoms with Crippen LogP contribution in [0.25, 0.3) is 24.3 Å². The zero-order valence-corrected chi connectivity index (χ0v) is 64.8. The molecule has 582 valence electrons. The second-order valence-corrected chi connectivity index (χ2v) is 30.0. The summed E-state index contributed by atoms with van der Waals surface area (Å²) in [5.74, 6) is -3.18. The van der Waals surface area contributed by atoms with E-state index in [0.717, 1.165) is 110 Å². The van der Waals surface area contributed by atoms with Gasteiger partial charge in [0.05, 0.1) is 74.1 Å². The van der Waals surface area contributed by atoms with Crippen molar-refractivity contribution < 1.29 is 72.1 Å². The van der Waals surface area contributed by atoms with Crippen LogP contribution in [0, 0.1) is 71.0 Å². The van der Waals surface area contributed by atoms with E-state index in [0.29, 0.717) is 13.2 Å². The highest BCUT2D eigenvalue weighted by Crippen LogP contribution is 2.52. The molecule has 5 heterocycles. The third-order valence-corrected chi connectivity index (χ3v) is 21.0. The number of fused-ring (bicyclic) bond motifs is 7. The number of allylic oxidation sites excluding steroid dienone is 8. The normalized spacial score (nSPS) is 28.7. The summed E-state index contributed by atoms with van der Waals surface area (Å²) in [5, 5.41) is 18.3. The maximum Gasteiger partial charge on any atom is 0.318 e. The number of aliphatic hydroxyl groups excluding tert-OH is 2. The maximum atomic E-state index is 12.2. The van der Waals surface area contributed by atoms with Gasteiger partial charge in [-0.15, -0.1) is 13.2 Å². The zero-order valence-electron chi connectivity index (χ0n) is 64.8. The van der Waals surface area contributed by atoms with E-state index in [-0.39, 0.29) is 143 Å². The number of esters is 6. The number of hydrogen-bond donors (Lipinski definition) is 2. The Kier molecular flexibility index (Phi) is 34.2. The maximum absolute atomic E-state index is 12.2. The number of aliphatic hydroxyl groups is 2. The van der Waals surface area contributed by atoms with Gasteiger partial charge >= 0.3 is 35.8 Å². The van der Waals surface area contributed by atoms with Gasteiger partial charge in [-0.2, -0.15) is 0 Å². The van der Waals surface area contributed by atoms with E-state index in [1.54, 1.807) is 6.08 Å². The van der Waals surface area contributed by atoms with Crippen molar-refractivity contribution in [1.82, 2.24) is 0 Å². The van der Waals surface area contributed by atoms with Crippen molar-refractivity contribution in [2.75, 3.05) is 26.4 Å². The molecule has 0 amide bonds. The number of carbonyl (C=O) groups excluding carboxylic acids is 6. The fraction of sp³-hybridized carbons (Fsp3) is 0.389. The summed E-state index contributed by atoms with van der Waals surface area (Å²) in [6.45, 7) is 36.9. The van der Waals surface area contributed by atoms with Crippen LogP contribution in [-0.4, -0.2) is 109 Å². The lowest BCUT2D eigenvalue weighted by Gasteiger charge is -2.29. The van der Waals surface area contributed by atoms with E-state index in [9.17, 15) is 33.9 Å². The molecule has 6 fully saturated rings. The second-order valence-electron chi connectivity index (χ2n) is 30.0. The highest BCUT2D eigenvalue weighted by Gasteiger charge is 2.59. The van der Waals surface area contributed by atoms with E-state index >= 15 is 0 Å². The number of benzene rings is 4. The SMILES string of the molecule is C=C(C)CO[C@@H]1C=C[C@H]1OCC(=C)C.C=CC1CC(/C=C/c2ccccc2)C2C(=O)OC(=O)[C@@H]12.C=CCCCC(O)C(=C)C.C=Cc1ccccc1.CC1=CCCCC1O.CC1=C[C@@H]([C@@H]2C=C(C)CO2)OC1.O=C1OC(=O)[C@H]2C(/C=C/c3ccccc3)CC(/C=C/c3ccccc3)C12.O=C1OC(=O)[C@H]2C3C=CC(C3)C12. The first kappa shape index (κ1) is 86.0. The topological polar surface area (TPSA) is 207 Å². The number of ether oxygens (including phenoxy) is 7. The number of cyclic esters (lactones) is 6. The number of carbonyl (C=O) groups is 6. The minimum atomic E-state index is -0.388. The Hall–Kier alpha value is -9.58. The van der Waals surface area contributed by atoms with Crippen LogP contribution in [0.1, 0.15) is 122 Å². The van der Waals surface area contributed by atoms with Crippen LogP contribution in [0.3, 0.4) is 0 Å². The van der Waals surface area contributed by atoms with Crippen LogP contribution in [0.5, 0.6) is 0 Å². The minimum absolute atomic E-state index is 0.0181. The van der Waals surface area contributed by atoms with Gasteiger partial charge in [-0.25, -0.2) is 0 Å². The first-order chi connectivity index (χ1) is 53.0. The molecule has 2 N–H and O–H groups in total. The van der Waals surface area contributed by atoms with Crippen LogP contribution in [0.15, 0.2) is 267 Å². The molecule has 0 aromatic heterocycles. The summed E-state index contributed by atoms with van der Waals surface area (Å²) in [6.07, 6.45) is 40.8. The number of unbranched alkanes of at least 4 members (excludes halogenated alkanes) is 1. The van der Waals surface area contributed by atoms with E-state index in [1.165, 1.54) is 16.7 Å². The molecule has 18 atom stereocenters. The van der Waals surface area contributed by atoms with Gasteiger partial charge in [0.1, 0.15) is 24.4 Å². The quantitative estimate of drug-likeness (QED) is 0.0277. The predicted octanol–water partition coefficient (Wildman–Crippen LogP) is 18.0. The van der Waals surface area contributed by atoms with Crippen molar-refractivity contribution >= 4 is 60.1 Å². The largest absolute Gasteiger partial charge is 0.393 e. The minimum Gasteiger partial charge on any atom is -0.393 e. The molecule has 6 aliphatic carbocycles. The Morgan fingerprint density at radius 3 is 1.18 bits per heavy atom. The van der Waals surface area contributed by atoms with Gasteiger partial charge in [0.25, 0.3) is 0 Å². The molecule has 2 bridgehead atoms. The zero-order chi connectivity index (χ0) is 79.2. The molecule has 3 saturated heterocycles. The van der Waals surface area contributed by atoms with Gasteiger partial charge in [0, 0.05) is 0 Å². The summed E-state index contributed by atoms with van der Waals surface area (Å²) in [5.41, 5.74) is 11.1. The Morgan fingerprint density at radius 1 is 0.509 bits per heavy atom. The lowest BCUT2D eigenvalue weighted by Crippen LogP contribution is -2.36. The molecule has 0 radical (unpaired) electrons. The standard InChI is InChI=1S/C23H20O3.C17H16O3.C12H18O2.C10H14O2.C9H8O3.C9H16O.C8H8.C7H12O/c24-22-20-18(13-11-16-7-3-1-4-8-16)15-19(21(20)23(25)26-22)14-12-17-9-5-2-6-10-17;1-2-12-10-13(9-8-11-6-4-3-5-7-11)15-14(12)16(18)20-17(15)19;1-9(2)7-13-11-5-6-12(11)14-8-10(3)4;1-7-3-9(11-5-7)10-4-8(2)6-12-10;10-8-6-4-1-2-5(3-4)7(6)9(11)12-8;1-4-5-6-7-9(10)8(2)3;1-2-8-6-4-3-5-7-8;1-6-4-2-3-5-7(6)8/h1-14,18-21H,15H2;2-9,12-15H,1,10H2;5-6,11-12H,1,3,7-8H2,2,4H3;3-4,9-10H,5-6H2,1-2H3;1-2,4-7H,3H2;4,9-10H,1-2,5-7H2,3H3;2-7H,1H2;4,7-8H,2-3,5H2,1H3/b13-11+,14-12+;9-8+;;;;;;/t18?,19?,20-,21?;12?,13?,14-,15?;11-,12-;9-,10-;4?,5?,6-,7?;;;/m00100.../s1. The Bertz CT molecular complexity index is 3910. The van der Waals surface area contributed by atoms with Gasteiger partial charge in [0.2, 0.25) is 0 Å². The molecule has 4 aromatic carbocycles. The van der Waals surface area contributed by atoms with Crippen LogP contribution >= 0.6 is 0 Å². The Morgan fingerprint density at radius 2 is 0.882 bits per heavy atom. The molecule has 5 aliphatic heterocycles. The van der Waals surface area contributed by atoms with Gasteiger partial charge in [-0.1, -0.05) is 262 Å². The Labute approximate surface area is 651 Å². The van der Waals surface area contributed by atoms with Crippen LogP contribution in [0.2, 0.25) is 0 Å². The van der Waals surface area contributed by atoms with Crippen molar-refractivity contribution in [2.24, 2.45) is 71.0 Å². The lowest BCUT2D eigenvalue weighted by atomic mass is 9.85. The predicted molar refractivity (Wildman–Crippen MR) is 435 cm³/mol. The molecule has 11 aliphatic rings. The van der Waals surface area contributed by atoms with Crippen LogP contribution < -0.4 is 0 Å². The molecule has 0 spiro atoms. The van der Waals surface area contributed by atoms with Gasteiger partial charge in [-0.05, 0) is 174 Å². The third kappa shape index (κ3) is 25.5. The lowest BCUT2D eigenvalue weighted by molar-refractivity contribution is -0.156. The average Bonchev–Trinajstić information content (AvgIpc) is 1.60. The van der Waals surface area contributed by atoms with Crippen molar-refractivity contribution in [2.45, 2.75) is 136 Å². The summed E-state index contributed by atoms with van der Waals surface area (Å²) < 4.78 is 36.5. The highest BCUT2D eigenvalue weighted by molar-refractivity contribution is 5.99. The fourth-order valence-electron chi connectivity index (χ4n) is 14.9. The van der Waals surface area contributed by atoms with Gasteiger partial charge in [-0.3, -0.25) is 28.8 Å². The van der Waals surface area contributed by atoms with Crippen molar-refractivity contribution in [1.29, 1.82) is 0 Å². The van der Waals surface area contributed by atoms with E-state index in [1.807, 2.05) is 210 Å². The van der Waals surface area contributed by atoms with Crippen molar-refractivity contribution in [3.05, 3.63) is 289 Å². The number of hydrogen-bond acceptors (Lipinski definition) is 15. The molecular weight excluding hydrogens is 1380 g/mol.